The molecule has 1 aliphatic heterocycles. The van der Waals surface area contributed by atoms with Crippen LogP contribution in [0.2, 0.25) is 0 Å². The second-order valence-corrected chi connectivity index (χ2v) is 5.20. The number of halogens is 1. The standard InChI is InChI=1S/C15H16FN3O/c1-9-3-4-12(16)10(7-9)11-8-13(17)14-18(2)5-6-19(14)15(11)20/h3-4,7-8H,5-6,17H2,1-2H3. The topological polar surface area (TPSA) is 51.3 Å². The molecule has 4 nitrogen and oxygen atoms in total. The van der Waals surface area contributed by atoms with Crippen LogP contribution in [-0.4, -0.2) is 18.2 Å². The van der Waals surface area contributed by atoms with Crippen LogP contribution in [0.25, 0.3) is 11.1 Å². The Morgan fingerprint density at radius 3 is 2.70 bits per heavy atom. The van der Waals surface area contributed by atoms with Gasteiger partial charge in [-0.05, 0) is 25.1 Å². The second kappa shape index (κ2) is 4.37. The minimum absolute atomic E-state index is 0.192. The monoisotopic (exact) mass is 273 g/mol. The van der Waals surface area contributed by atoms with Gasteiger partial charge >= 0.3 is 0 Å². The number of hydrogen-bond donors (Lipinski definition) is 1. The molecule has 20 heavy (non-hydrogen) atoms. The number of fused-ring (bicyclic) bond motifs is 1. The van der Waals surface area contributed by atoms with Crippen LogP contribution in [0.15, 0.2) is 29.1 Å². The van der Waals surface area contributed by atoms with Gasteiger partial charge in [-0.1, -0.05) is 11.6 Å². The summed E-state index contributed by atoms with van der Waals surface area (Å²) in [6.07, 6.45) is 0. The van der Waals surface area contributed by atoms with Crippen molar-refractivity contribution in [2.24, 2.45) is 0 Å². The van der Waals surface area contributed by atoms with Crippen LogP contribution < -0.4 is 16.2 Å². The number of benzene rings is 1. The molecule has 0 saturated heterocycles. The molecule has 0 bridgehead atoms. The maximum absolute atomic E-state index is 14.0. The predicted octanol–water partition coefficient (Wildman–Crippen LogP) is 1.99. The number of anilines is 2. The Kier molecular flexibility index (Phi) is 2.78. The van der Waals surface area contributed by atoms with Crippen molar-refractivity contribution >= 4 is 11.5 Å². The van der Waals surface area contributed by atoms with Gasteiger partial charge in [0.25, 0.3) is 5.56 Å². The zero-order chi connectivity index (χ0) is 14.4. The van der Waals surface area contributed by atoms with Gasteiger partial charge in [0, 0.05) is 25.7 Å². The maximum atomic E-state index is 14.0. The molecule has 0 radical (unpaired) electrons. The van der Waals surface area contributed by atoms with Gasteiger partial charge in [0.1, 0.15) is 11.6 Å². The first-order valence-corrected chi connectivity index (χ1v) is 6.50. The molecule has 1 aliphatic rings. The summed E-state index contributed by atoms with van der Waals surface area (Å²) >= 11 is 0. The van der Waals surface area contributed by atoms with E-state index in [1.165, 1.54) is 6.07 Å². The maximum Gasteiger partial charge on any atom is 0.260 e. The Morgan fingerprint density at radius 2 is 1.95 bits per heavy atom. The lowest BCUT2D eigenvalue weighted by atomic mass is 10.0. The highest BCUT2D eigenvalue weighted by Gasteiger charge is 2.23. The normalized spacial score (nSPS) is 13.7. The molecule has 2 heterocycles. The second-order valence-electron chi connectivity index (χ2n) is 5.20. The number of rotatable bonds is 1. The van der Waals surface area contributed by atoms with Crippen LogP contribution in [0.4, 0.5) is 15.9 Å². The molecular formula is C15H16FN3O. The van der Waals surface area contributed by atoms with Crippen molar-refractivity contribution in [3.05, 3.63) is 46.0 Å². The fraction of sp³-hybridized carbons (Fsp3) is 0.267. The van der Waals surface area contributed by atoms with E-state index >= 15 is 0 Å². The lowest BCUT2D eigenvalue weighted by Gasteiger charge is -2.15. The molecule has 1 aromatic heterocycles. The molecular weight excluding hydrogens is 257 g/mol. The van der Waals surface area contributed by atoms with Crippen molar-refractivity contribution in [2.45, 2.75) is 13.5 Å². The van der Waals surface area contributed by atoms with E-state index in [1.54, 1.807) is 22.8 Å². The van der Waals surface area contributed by atoms with Crippen LogP contribution in [-0.2, 0) is 6.54 Å². The predicted molar refractivity (Wildman–Crippen MR) is 78.5 cm³/mol. The third-order valence-electron chi connectivity index (χ3n) is 3.72. The summed E-state index contributed by atoms with van der Waals surface area (Å²) in [6, 6.07) is 6.32. The summed E-state index contributed by atoms with van der Waals surface area (Å²) in [7, 11) is 1.89. The van der Waals surface area contributed by atoms with E-state index in [4.69, 9.17) is 5.73 Å². The molecule has 0 unspecified atom stereocenters. The van der Waals surface area contributed by atoms with Gasteiger partial charge in [0.05, 0.1) is 11.3 Å². The van der Waals surface area contributed by atoms with Gasteiger partial charge in [-0.25, -0.2) is 4.39 Å². The minimum Gasteiger partial charge on any atom is -0.396 e. The van der Waals surface area contributed by atoms with Crippen molar-refractivity contribution in [1.82, 2.24) is 4.57 Å². The Morgan fingerprint density at radius 1 is 1.20 bits per heavy atom. The van der Waals surface area contributed by atoms with Crippen molar-refractivity contribution in [2.75, 3.05) is 24.2 Å². The average molecular weight is 273 g/mol. The molecule has 3 rings (SSSR count). The summed E-state index contributed by atoms with van der Waals surface area (Å²) in [6.45, 7) is 3.18. The number of nitrogens with zero attached hydrogens (tertiary/aromatic N) is 2. The zero-order valence-electron chi connectivity index (χ0n) is 11.5. The molecule has 104 valence electrons. The number of nitrogen functional groups attached to an aromatic ring is 1. The van der Waals surface area contributed by atoms with Crippen molar-refractivity contribution in [3.8, 4) is 11.1 Å². The van der Waals surface area contributed by atoms with Gasteiger partial charge in [0.2, 0.25) is 0 Å². The molecule has 0 amide bonds. The molecule has 2 aromatic rings. The number of aromatic nitrogens is 1. The summed E-state index contributed by atoms with van der Waals surface area (Å²) in [5, 5.41) is 0. The smallest absolute Gasteiger partial charge is 0.260 e. The quantitative estimate of drug-likeness (QED) is 0.864. The largest absolute Gasteiger partial charge is 0.396 e. The molecule has 5 heteroatoms. The number of pyridine rings is 1. The fourth-order valence-electron chi connectivity index (χ4n) is 2.71. The van der Waals surface area contributed by atoms with E-state index in [2.05, 4.69) is 0 Å². The van der Waals surface area contributed by atoms with E-state index in [9.17, 15) is 9.18 Å². The van der Waals surface area contributed by atoms with E-state index in [1.807, 2.05) is 18.9 Å². The van der Waals surface area contributed by atoms with Crippen LogP contribution >= 0.6 is 0 Å². The number of likely N-dealkylation sites (N-methyl/N-ethyl adjacent to an activating group) is 1. The molecule has 2 N–H and O–H groups in total. The summed E-state index contributed by atoms with van der Waals surface area (Å²) in [5.41, 5.74) is 7.88. The average Bonchev–Trinajstić information content (AvgIpc) is 2.80. The highest BCUT2D eigenvalue weighted by Crippen LogP contribution is 2.30. The lowest BCUT2D eigenvalue weighted by molar-refractivity contribution is 0.630. The first-order chi connectivity index (χ1) is 9.49. The number of aryl methyl sites for hydroxylation is 1. The van der Waals surface area contributed by atoms with E-state index < -0.39 is 5.82 Å². The highest BCUT2D eigenvalue weighted by molar-refractivity contribution is 5.74. The van der Waals surface area contributed by atoms with E-state index in [0.29, 0.717) is 29.2 Å². The number of hydrogen-bond acceptors (Lipinski definition) is 3. The zero-order valence-corrected chi connectivity index (χ0v) is 11.5. The molecule has 0 aliphatic carbocycles. The summed E-state index contributed by atoms with van der Waals surface area (Å²) in [5.74, 6) is 0.311. The third-order valence-corrected chi connectivity index (χ3v) is 3.72. The first-order valence-electron chi connectivity index (χ1n) is 6.50. The third kappa shape index (κ3) is 1.78. The van der Waals surface area contributed by atoms with Gasteiger partial charge < -0.3 is 10.6 Å². The van der Waals surface area contributed by atoms with Gasteiger partial charge in [-0.2, -0.15) is 0 Å². The Bertz CT molecular complexity index is 752. The SMILES string of the molecule is Cc1ccc(F)c(-c2cc(N)c3n(c2=O)CCN3C)c1. The molecule has 1 aromatic carbocycles. The Hall–Kier alpha value is -2.30. The van der Waals surface area contributed by atoms with Crippen LogP contribution in [0.5, 0.6) is 0 Å². The highest BCUT2D eigenvalue weighted by atomic mass is 19.1. The molecule has 0 atom stereocenters. The first kappa shape index (κ1) is 12.7. The Labute approximate surface area is 116 Å². The van der Waals surface area contributed by atoms with Crippen molar-refractivity contribution in [1.29, 1.82) is 0 Å². The summed E-state index contributed by atoms with van der Waals surface area (Å²) < 4.78 is 15.6. The van der Waals surface area contributed by atoms with Crippen LogP contribution in [0, 0.1) is 12.7 Å². The van der Waals surface area contributed by atoms with E-state index in [0.717, 1.165) is 12.1 Å². The lowest BCUT2D eigenvalue weighted by Crippen LogP contribution is -2.22. The van der Waals surface area contributed by atoms with Crippen molar-refractivity contribution < 1.29 is 4.39 Å². The van der Waals surface area contributed by atoms with Gasteiger partial charge in [0.15, 0.2) is 0 Å². The van der Waals surface area contributed by atoms with Gasteiger partial charge in [-0.3, -0.25) is 9.36 Å². The van der Waals surface area contributed by atoms with Crippen molar-refractivity contribution in [3.63, 3.8) is 0 Å². The molecule has 0 spiro atoms. The molecule has 0 saturated carbocycles. The molecule has 0 fully saturated rings. The Balaban J connectivity index is 2.29. The minimum atomic E-state index is -0.404. The number of nitrogens with two attached hydrogens (primary N) is 1. The summed E-state index contributed by atoms with van der Waals surface area (Å²) in [4.78, 5) is 14.5. The fourth-order valence-corrected chi connectivity index (χ4v) is 2.71. The van der Waals surface area contributed by atoms with Gasteiger partial charge in [-0.15, -0.1) is 0 Å². The van der Waals surface area contributed by atoms with E-state index in [-0.39, 0.29) is 5.56 Å². The van der Waals surface area contributed by atoms with Crippen LogP contribution in [0.1, 0.15) is 5.56 Å². The van der Waals surface area contributed by atoms with Crippen LogP contribution in [0.3, 0.4) is 0 Å².